The van der Waals surface area contributed by atoms with Crippen LogP contribution >= 0.6 is 15.9 Å². The molecule has 0 saturated carbocycles. The Morgan fingerprint density at radius 2 is 1.85 bits per heavy atom. The first kappa shape index (κ1) is 18.5. The van der Waals surface area contributed by atoms with Crippen LogP contribution < -0.4 is 10.6 Å². The van der Waals surface area contributed by atoms with E-state index in [0.717, 1.165) is 28.7 Å². The number of carbonyl (C=O) groups excluding carboxylic acids is 1. The van der Waals surface area contributed by atoms with Gasteiger partial charge in [0.25, 0.3) is 5.91 Å². The topological polar surface area (TPSA) is 41.1 Å². The Labute approximate surface area is 162 Å². The standard InChI is InChI=1S/C22H23BrN2O/c1-3-13-24-21-14-17(23)11-12-20(21)22(26)25-15(2)18-10-6-8-16-7-4-5-9-19(16)18/h4-12,14-15,24H,3,13H2,1-2H3,(H,25,26)/t15-/m1/s1. The molecule has 0 spiro atoms. The highest BCUT2D eigenvalue weighted by Gasteiger charge is 2.16. The van der Waals surface area contributed by atoms with Crippen molar-refractivity contribution >= 4 is 38.3 Å². The average Bonchev–Trinajstić information content (AvgIpc) is 2.65. The fraction of sp³-hybridized carbons (Fsp3) is 0.227. The zero-order chi connectivity index (χ0) is 18.5. The summed E-state index contributed by atoms with van der Waals surface area (Å²) in [7, 11) is 0. The molecule has 0 unspecified atom stereocenters. The van der Waals surface area contributed by atoms with Crippen LogP contribution in [0.2, 0.25) is 0 Å². The third-order valence-corrected chi connectivity index (χ3v) is 4.92. The van der Waals surface area contributed by atoms with Crippen LogP contribution in [0.1, 0.15) is 42.2 Å². The number of hydrogen-bond acceptors (Lipinski definition) is 2. The van der Waals surface area contributed by atoms with Crippen molar-refractivity contribution in [3.8, 4) is 0 Å². The highest BCUT2D eigenvalue weighted by atomic mass is 79.9. The molecule has 0 heterocycles. The van der Waals surface area contributed by atoms with E-state index in [0.29, 0.717) is 5.56 Å². The Morgan fingerprint density at radius 1 is 1.08 bits per heavy atom. The van der Waals surface area contributed by atoms with Crippen LogP contribution in [-0.2, 0) is 0 Å². The molecule has 3 nitrogen and oxygen atoms in total. The molecule has 26 heavy (non-hydrogen) atoms. The minimum Gasteiger partial charge on any atom is -0.384 e. The normalized spacial score (nSPS) is 12.0. The van der Waals surface area contributed by atoms with Crippen molar-refractivity contribution in [1.29, 1.82) is 0 Å². The van der Waals surface area contributed by atoms with Gasteiger partial charge < -0.3 is 10.6 Å². The minimum atomic E-state index is -0.0868. The summed E-state index contributed by atoms with van der Waals surface area (Å²) in [6, 6.07) is 20.1. The van der Waals surface area contributed by atoms with E-state index < -0.39 is 0 Å². The van der Waals surface area contributed by atoms with E-state index in [1.807, 2.05) is 43.3 Å². The van der Waals surface area contributed by atoms with Gasteiger partial charge in [-0.1, -0.05) is 65.3 Å². The Kier molecular flexibility index (Phi) is 5.94. The summed E-state index contributed by atoms with van der Waals surface area (Å²) < 4.78 is 0.953. The summed E-state index contributed by atoms with van der Waals surface area (Å²) in [6.45, 7) is 4.96. The van der Waals surface area contributed by atoms with Gasteiger partial charge in [0, 0.05) is 16.7 Å². The van der Waals surface area contributed by atoms with Crippen LogP contribution in [-0.4, -0.2) is 12.5 Å². The van der Waals surface area contributed by atoms with Crippen LogP contribution in [0.5, 0.6) is 0 Å². The van der Waals surface area contributed by atoms with E-state index in [1.54, 1.807) is 0 Å². The van der Waals surface area contributed by atoms with Crippen molar-refractivity contribution in [2.75, 3.05) is 11.9 Å². The largest absolute Gasteiger partial charge is 0.384 e. The van der Waals surface area contributed by atoms with Gasteiger partial charge in [-0.2, -0.15) is 0 Å². The first-order chi connectivity index (χ1) is 12.6. The maximum absolute atomic E-state index is 12.9. The Bertz CT molecular complexity index is 918. The third-order valence-electron chi connectivity index (χ3n) is 4.43. The Balaban J connectivity index is 1.85. The van der Waals surface area contributed by atoms with Gasteiger partial charge in [0.1, 0.15) is 0 Å². The Morgan fingerprint density at radius 3 is 2.65 bits per heavy atom. The minimum absolute atomic E-state index is 0.0727. The molecule has 0 aliphatic carbocycles. The fourth-order valence-electron chi connectivity index (χ4n) is 3.10. The molecule has 3 aromatic rings. The fourth-order valence-corrected chi connectivity index (χ4v) is 3.46. The van der Waals surface area contributed by atoms with Crippen molar-refractivity contribution in [1.82, 2.24) is 5.32 Å². The molecule has 0 fully saturated rings. The maximum atomic E-state index is 12.9. The average molecular weight is 411 g/mol. The smallest absolute Gasteiger partial charge is 0.253 e. The number of benzene rings is 3. The van der Waals surface area contributed by atoms with Crippen molar-refractivity contribution in [2.24, 2.45) is 0 Å². The first-order valence-electron chi connectivity index (χ1n) is 8.92. The van der Waals surface area contributed by atoms with E-state index in [-0.39, 0.29) is 11.9 Å². The lowest BCUT2D eigenvalue weighted by atomic mass is 9.99. The van der Waals surface area contributed by atoms with Gasteiger partial charge in [-0.05, 0) is 47.9 Å². The number of nitrogens with one attached hydrogen (secondary N) is 2. The lowest BCUT2D eigenvalue weighted by Crippen LogP contribution is -2.27. The van der Waals surface area contributed by atoms with E-state index in [9.17, 15) is 4.79 Å². The molecule has 1 atom stereocenters. The lowest BCUT2D eigenvalue weighted by molar-refractivity contribution is 0.0941. The number of anilines is 1. The van der Waals surface area contributed by atoms with E-state index >= 15 is 0 Å². The highest BCUT2D eigenvalue weighted by molar-refractivity contribution is 9.10. The molecule has 0 bridgehead atoms. The number of rotatable bonds is 6. The molecule has 0 radical (unpaired) electrons. The summed E-state index contributed by atoms with van der Waals surface area (Å²) >= 11 is 3.48. The molecule has 0 aliphatic heterocycles. The number of fused-ring (bicyclic) bond motifs is 1. The van der Waals surface area contributed by atoms with Crippen LogP contribution in [0.15, 0.2) is 65.1 Å². The molecule has 3 rings (SSSR count). The van der Waals surface area contributed by atoms with Crippen molar-refractivity contribution in [3.05, 3.63) is 76.3 Å². The van der Waals surface area contributed by atoms with Crippen LogP contribution in [0.4, 0.5) is 5.69 Å². The molecule has 4 heteroatoms. The molecule has 0 aromatic heterocycles. The van der Waals surface area contributed by atoms with Gasteiger partial charge in [0.2, 0.25) is 0 Å². The molecular weight excluding hydrogens is 388 g/mol. The van der Waals surface area contributed by atoms with Crippen molar-refractivity contribution in [3.63, 3.8) is 0 Å². The predicted molar refractivity (Wildman–Crippen MR) is 113 cm³/mol. The maximum Gasteiger partial charge on any atom is 0.253 e. The van der Waals surface area contributed by atoms with E-state index in [2.05, 4.69) is 57.8 Å². The second-order valence-corrected chi connectivity index (χ2v) is 7.30. The van der Waals surface area contributed by atoms with Crippen LogP contribution in [0.3, 0.4) is 0 Å². The molecule has 1 amide bonds. The second-order valence-electron chi connectivity index (χ2n) is 6.38. The summed E-state index contributed by atoms with van der Waals surface area (Å²) in [5.41, 5.74) is 2.63. The van der Waals surface area contributed by atoms with Gasteiger partial charge in [0.05, 0.1) is 11.6 Å². The zero-order valence-corrected chi connectivity index (χ0v) is 16.6. The summed E-state index contributed by atoms with van der Waals surface area (Å²) in [5, 5.41) is 8.83. The highest BCUT2D eigenvalue weighted by Crippen LogP contribution is 2.26. The second kappa shape index (κ2) is 8.37. The molecule has 3 aromatic carbocycles. The van der Waals surface area contributed by atoms with E-state index in [1.165, 1.54) is 10.8 Å². The molecule has 0 aliphatic rings. The molecule has 2 N–H and O–H groups in total. The molecular formula is C22H23BrN2O. The monoisotopic (exact) mass is 410 g/mol. The molecule has 0 saturated heterocycles. The number of halogens is 1. The third kappa shape index (κ3) is 4.07. The number of carbonyl (C=O) groups is 1. The van der Waals surface area contributed by atoms with Crippen LogP contribution in [0, 0.1) is 0 Å². The number of amides is 1. The van der Waals surface area contributed by atoms with Crippen molar-refractivity contribution < 1.29 is 4.79 Å². The van der Waals surface area contributed by atoms with Gasteiger partial charge >= 0.3 is 0 Å². The summed E-state index contributed by atoms with van der Waals surface area (Å²) in [4.78, 5) is 12.9. The van der Waals surface area contributed by atoms with Gasteiger partial charge in [0.15, 0.2) is 0 Å². The van der Waals surface area contributed by atoms with Crippen LogP contribution in [0.25, 0.3) is 10.8 Å². The quantitative estimate of drug-likeness (QED) is 0.529. The lowest BCUT2D eigenvalue weighted by Gasteiger charge is -2.18. The summed E-state index contributed by atoms with van der Waals surface area (Å²) in [5.74, 6) is -0.0727. The first-order valence-corrected chi connectivity index (χ1v) is 9.71. The molecule has 134 valence electrons. The van der Waals surface area contributed by atoms with E-state index in [4.69, 9.17) is 0 Å². The summed E-state index contributed by atoms with van der Waals surface area (Å²) in [6.07, 6.45) is 1.000. The number of hydrogen-bond donors (Lipinski definition) is 2. The van der Waals surface area contributed by atoms with Crippen molar-refractivity contribution in [2.45, 2.75) is 26.3 Å². The Hall–Kier alpha value is -2.33. The zero-order valence-electron chi connectivity index (χ0n) is 15.1. The predicted octanol–water partition coefficient (Wildman–Crippen LogP) is 5.92. The van der Waals surface area contributed by atoms with Gasteiger partial charge in [-0.15, -0.1) is 0 Å². The van der Waals surface area contributed by atoms with Gasteiger partial charge in [-0.3, -0.25) is 4.79 Å². The van der Waals surface area contributed by atoms with Gasteiger partial charge in [-0.25, -0.2) is 0 Å². The SMILES string of the molecule is CCCNc1cc(Br)ccc1C(=O)N[C@H](C)c1cccc2ccccc12.